The number of halogens is 3. The van der Waals surface area contributed by atoms with E-state index in [-0.39, 0.29) is 11.8 Å². The fraction of sp³-hybridized carbons (Fsp3) is 0.867. The van der Waals surface area contributed by atoms with Gasteiger partial charge in [-0.25, -0.2) is 0 Å². The minimum Gasteiger partial charge on any atom is -0.372 e. The molecule has 4 heteroatoms. The average molecular weight is 272 g/mol. The Hall–Kier alpha value is -0.510. The molecule has 4 aliphatic rings. The normalized spacial score (nSPS) is 51.9. The smallest absolute Gasteiger partial charge is 0.372 e. The molecule has 3 fully saturated rings. The maximum absolute atomic E-state index is 13.1. The first-order valence-electron chi connectivity index (χ1n) is 7.28. The van der Waals surface area contributed by atoms with Gasteiger partial charge in [0.25, 0.3) is 0 Å². The van der Waals surface area contributed by atoms with E-state index in [0.717, 1.165) is 12.8 Å². The van der Waals surface area contributed by atoms with E-state index in [4.69, 9.17) is 4.74 Å². The van der Waals surface area contributed by atoms with Crippen molar-refractivity contribution in [3.63, 3.8) is 0 Å². The molecule has 1 nitrogen and oxygen atoms in total. The van der Waals surface area contributed by atoms with Crippen molar-refractivity contribution in [2.75, 3.05) is 7.11 Å². The van der Waals surface area contributed by atoms with E-state index < -0.39 is 12.3 Å². The molecule has 0 heterocycles. The molecule has 0 aromatic carbocycles. The van der Waals surface area contributed by atoms with Crippen LogP contribution in [0.3, 0.4) is 0 Å². The molecule has 0 aromatic rings. The van der Waals surface area contributed by atoms with Gasteiger partial charge in [-0.3, -0.25) is 0 Å². The SMILES string of the molecule is COC(C1CC2CC1C1C3C=CC(C3)C21)C(F)(F)F. The average Bonchev–Trinajstić information content (AvgIpc) is 3.06. The Balaban J connectivity index is 1.61. The Bertz CT molecular complexity index is 416. The van der Waals surface area contributed by atoms with Crippen molar-refractivity contribution in [3.8, 4) is 0 Å². The molecule has 0 amide bonds. The Morgan fingerprint density at radius 1 is 1.05 bits per heavy atom. The molecule has 4 bridgehead atoms. The Kier molecular flexibility index (Phi) is 2.43. The molecule has 0 aromatic heterocycles. The third kappa shape index (κ3) is 1.52. The number of hydrogen-bond donors (Lipinski definition) is 0. The molecule has 3 saturated carbocycles. The van der Waals surface area contributed by atoms with Crippen molar-refractivity contribution < 1.29 is 17.9 Å². The Morgan fingerprint density at radius 3 is 2.37 bits per heavy atom. The van der Waals surface area contributed by atoms with Crippen molar-refractivity contribution in [2.24, 2.45) is 41.4 Å². The van der Waals surface area contributed by atoms with Gasteiger partial charge in [0.05, 0.1) is 0 Å². The summed E-state index contributed by atoms with van der Waals surface area (Å²) in [5.41, 5.74) is 0. The summed E-state index contributed by atoms with van der Waals surface area (Å²) < 4.78 is 44.1. The predicted molar refractivity (Wildman–Crippen MR) is 64.3 cm³/mol. The summed E-state index contributed by atoms with van der Waals surface area (Å²) in [4.78, 5) is 0. The van der Waals surface area contributed by atoms with E-state index in [0.29, 0.717) is 29.6 Å². The molecule has 0 spiro atoms. The summed E-state index contributed by atoms with van der Waals surface area (Å²) in [6.45, 7) is 0. The summed E-state index contributed by atoms with van der Waals surface area (Å²) in [6, 6.07) is 0. The van der Waals surface area contributed by atoms with Gasteiger partial charge >= 0.3 is 6.18 Å². The van der Waals surface area contributed by atoms with E-state index in [2.05, 4.69) is 12.2 Å². The second-order valence-corrected chi connectivity index (χ2v) is 6.86. The highest BCUT2D eigenvalue weighted by molar-refractivity contribution is 5.21. The molecule has 106 valence electrons. The van der Waals surface area contributed by atoms with Crippen LogP contribution in [0.25, 0.3) is 0 Å². The molecule has 0 N–H and O–H groups in total. The number of methoxy groups -OCH3 is 1. The van der Waals surface area contributed by atoms with E-state index in [9.17, 15) is 13.2 Å². The second kappa shape index (κ2) is 3.78. The van der Waals surface area contributed by atoms with Crippen LogP contribution < -0.4 is 0 Å². The highest BCUT2D eigenvalue weighted by atomic mass is 19.4. The number of fused-ring (bicyclic) bond motifs is 9. The molecule has 19 heavy (non-hydrogen) atoms. The lowest BCUT2D eigenvalue weighted by atomic mass is 9.68. The van der Waals surface area contributed by atoms with E-state index in [1.807, 2.05) is 0 Å². The first-order valence-corrected chi connectivity index (χ1v) is 7.28. The van der Waals surface area contributed by atoms with Crippen LogP contribution in [0.4, 0.5) is 13.2 Å². The van der Waals surface area contributed by atoms with Gasteiger partial charge in [0.2, 0.25) is 0 Å². The zero-order valence-corrected chi connectivity index (χ0v) is 10.9. The summed E-state index contributed by atoms with van der Waals surface area (Å²) in [5, 5.41) is 0. The van der Waals surface area contributed by atoms with Crippen LogP contribution in [0.1, 0.15) is 19.3 Å². The van der Waals surface area contributed by atoms with E-state index in [1.165, 1.54) is 13.5 Å². The van der Waals surface area contributed by atoms with Crippen LogP contribution in [0.15, 0.2) is 12.2 Å². The Labute approximate surface area is 111 Å². The highest BCUT2D eigenvalue weighted by Crippen LogP contribution is 2.68. The van der Waals surface area contributed by atoms with Gasteiger partial charge in [-0.1, -0.05) is 12.2 Å². The summed E-state index contributed by atoms with van der Waals surface area (Å²) in [7, 11) is 1.21. The standard InChI is InChI=1S/C15H19F3O/c1-19-14(15(16,17)18)11-6-9-5-10(11)13-8-3-2-7(4-8)12(9)13/h2-3,7-14H,4-6H2,1H3. The lowest BCUT2D eigenvalue weighted by Crippen LogP contribution is -2.44. The van der Waals surface area contributed by atoms with Gasteiger partial charge in [0.15, 0.2) is 6.10 Å². The number of rotatable bonds is 2. The summed E-state index contributed by atoms with van der Waals surface area (Å²) in [6.07, 6.45) is 1.74. The van der Waals surface area contributed by atoms with Crippen LogP contribution in [-0.2, 0) is 4.74 Å². The molecule has 0 radical (unpaired) electrons. The van der Waals surface area contributed by atoms with Crippen molar-refractivity contribution in [2.45, 2.75) is 31.5 Å². The van der Waals surface area contributed by atoms with Crippen molar-refractivity contribution in [1.82, 2.24) is 0 Å². The van der Waals surface area contributed by atoms with Crippen molar-refractivity contribution >= 4 is 0 Å². The minimum atomic E-state index is -4.22. The van der Waals surface area contributed by atoms with Gasteiger partial charge in [-0.05, 0) is 60.7 Å². The van der Waals surface area contributed by atoms with Crippen LogP contribution in [0.2, 0.25) is 0 Å². The first kappa shape index (κ1) is 12.2. The molecular formula is C15H19F3O. The van der Waals surface area contributed by atoms with Crippen LogP contribution in [-0.4, -0.2) is 19.4 Å². The lowest BCUT2D eigenvalue weighted by molar-refractivity contribution is -0.236. The molecule has 4 aliphatic carbocycles. The van der Waals surface area contributed by atoms with Gasteiger partial charge < -0.3 is 4.74 Å². The molecule has 4 rings (SSSR count). The number of alkyl halides is 3. The Morgan fingerprint density at radius 2 is 1.74 bits per heavy atom. The van der Waals surface area contributed by atoms with Gasteiger partial charge in [0.1, 0.15) is 0 Å². The third-order valence-electron chi connectivity index (χ3n) is 6.29. The maximum Gasteiger partial charge on any atom is 0.414 e. The number of ether oxygens (including phenoxy) is 1. The second-order valence-electron chi connectivity index (χ2n) is 6.86. The third-order valence-corrected chi connectivity index (χ3v) is 6.29. The fourth-order valence-electron chi connectivity index (χ4n) is 5.97. The maximum atomic E-state index is 13.1. The largest absolute Gasteiger partial charge is 0.414 e. The van der Waals surface area contributed by atoms with Gasteiger partial charge in [0, 0.05) is 7.11 Å². The number of allylic oxidation sites excluding steroid dienone is 2. The molecule has 8 atom stereocenters. The lowest BCUT2D eigenvalue weighted by Gasteiger charge is -2.39. The van der Waals surface area contributed by atoms with Gasteiger partial charge in [-0.2, -0.15) is 13.2 Å². The number of hydrogen-bond acceptors (Lipinski definition) is 1. The first-order chi connectivity index (χ1) is 9.00. The van der Waals surface area contributed by atoms with E-state index >= 15 is 0 Å². The monoisotopic (exact) mass is 272 g/mol. The zero-order valence-electron chi connectivity index (χ0n) is 10.9. The van der Waals surface area contributed by atoms with Gasteiger partial charge in [-0.15, -0.1) is 0 Å². The van der Waals surface area contributed by atoms with Crippen LogP contribution >= 0.6 is 0 Å². The topological polar surface area (TPSA) is 9.23 Å². The molecule has 0 aliphatic heterocycles. The minimum absolute atomic E-state index is 0.238. The van der Waals surface area contributed by atoms with Crippen LogP contribution in [0.5, 0.6) is 0 Å². The molecule has 8 unspecified atom stereocenters. The van der Waals surface area contributed by atoms with Crippen molar-refractivity contribution in [3.05, 3.63) is 12.2 Å². The highest BCUT2D eigenvalue weighted by Gasteiger charge is 2.64. The van der Waals surface area contributed by atoms with Crippen LogP contribution in [0, 0.1) is 41.4 Å². The zero-order chi connectivity index (χ0) is 13.4. The van der Waals surface area contributed by atoms with E-state index in [1.54, 1.807) is 0 Å². The van der Waals surface area contributed by atoms with Crippen molar-refractivity contribution in [1.29, 1.82) is 0 Å². The predicted octanol–water partition coefficient (Wildman–Crippen LogP) is 3.66. The summed E-state index contributed by atoms with van der Waals surface area (Å²) in [5.74, 6) is 2.86. The quantitative estimate of drug-likeness (QED) is 0.550. The molecular weight excluding hydrogens is 253 g/mol. The summed E-state index contributed by atoms with van der Waals surface area (Å²) >= 11 is 0. The molecule has 0 saturated heterocycles. The fourth-order valence-corrected chi connectivity index (χ4v) is 5.97.